The number of likely N-dealkylation sites (tertiary alicyclic amines) is 2. The molecule has 0 bridgehead atoms. The van der Waals surface area contributed by atoms with Gasteiger partial charge >= 0.3 is 0 Å². The number of piperidine rings is 1. The molecule has 27 heavy (non-hydrogen) atoms. The van der Waals surface area contributed by atoms with Crippen molar-refractivity contribution >= 4 is 11.8 Å². The number of hydrogen-bond donors (Lipinski definition) is 1. The molecule has 2 amide bonds. The monoisotopic (exact) mass is 369 g/mol. The van der Waals surface area contributed by atoms with Crippen LogP contribution >= 0.6 is 0 Å². The zero-order chi connectivity index (χ0) is 18.9. The van der Waals surface area contributed by atoms with Gasteiger partial charge in [-0.1, -0.05) is 35.5 Å². The van der Waals surface area contributed by atoms with E-state index in [0.29, 0.717) is 43.9 Å². The van der Waals surface area contributed by atoms with Gasteiger partial charge in [-0.25, -0.2) is 0 Å². The summed E-state index contributed by atoms with van der Waals surface area (Å²) in [6.07, 6.45) is 3.73. The minimum Gasteiger partial charge on any atom is -0.395 e. The van der Waals surface area contributed by atoms with Crippen LogP contribution in [0.25, 0.3) is 11.3 Å². The molecule has 0 saturated carbocycles. The van der Waals surface area contributed by atoms with Crippen molar-refractivity contribution in [3.05, 3.63) is 42.2 Å². The molecule has 7 heteroatoms. The minimum atomic E-state index is -0.521. The molecule has 1 spiro atoms. The van der Waals surface area contributed by atoms with E-state index in [9.17, 15) is 14.7 Å². The number of carbonyl (C=O) groups is 2. The van der Waals surface area contributed by atoms with E-state index in [1.54, 1.807) is 9.80 Å². The lowest BCUT2D eigenvalue weighted by Crippen LogP contribution is -2.51. The smallest absolute Gasteiger partial charge is 0.259 e. The summed E-state index contributed by atoms with van der Waals surface area (Å²) < 4.78 is 5.09. The number of rotatable bonds is 4. The van der Waals surface area contributed by atoms with Gasteiger partial charge in [-0.15, -0.1) is 0 Å². The Hall–Kier alpha value is -2.67. The molecule has 142 valence electrons. The van der Waals surface area contributed by atoms with Crippen LogP contribution in [-0.2, 0) is 4.79 Å². The van der Waals surface area contributed by atoms with Crippen LogP contribution in [0.3, 0.4) is 0 Å². The number of carbonyl (C=O) groups excluding carboxylic acids is 2. The van der Waals surface area contributed by atoms with Gasteiger partial charge in [-0.2, -0.15) is 0 Å². The van der Waals surface area contributed by atoms with Crippen LogP contribution in [-0.4, -0.2) is 64.7 Å². The standard InChI is InChI=1S/C20H23N3O4/c24-12-11-22-9-4-7-20(19(22)26)8-10-23(14-20)18(25)16-13-27-21-17(16)15-5-2-1-3-6-15/h1-3,5-6,13,24H,4,7-12,14H2. The Balaban J connectivity index is 1.54. The summed E-state index contributed by atoms with van der Waals surface area (Å²) in [7, 11) is 0. The molecule has 1 aromatic heterocycles. The van der Waals surface area contributed by atoms with Crippen LogP contribution in [0.5, 0.6) is 0 Å². The fraction of sp³-hybridized carbons (Fsp3) is 0.450. The summed E-state index contributed by atoms with van der Waals surface area (Å²) in [6, 6.07) is 9.45. The van der Waals surface area contributed by atoms with Crippen LogP contribution < -0.4 is 0 Å². The maximum absolute atomic E-state index is 13.1. The third-order valence-electron chi connectivity index (χ3n) is 5.68. The van der Waals surface area contributed by atoms with Crippen LogP contribution in [0, 0.1) is 5.41 Å². The van der Waals surface area contributed by atoms with E-state index >= 15 is 0 Å². The first kappa shape index (κ1) is 17.7. The number of aromatic nitrogens is 1. The van der Waals surface area contributed by atoms with Gasteiger partial charge in [0.15, 0.2) is 0 Å². The second kappa shape index (κ2) is 7.15. The van der Waals surface area contributed by atoms with E-state index in [1.165, 1.54) is 6.26 Å². The Kier molecular flexibility index (Phi) is 4.70. The molecule has 1 atom stereocenters. The highest BCUT2D eigenvalue weighted by Crippen LogP contribution is 2.40. The maximum atomic E-state index is 13.1. The normalized spacial score (nSPS) is 22.6. The summed E-state index contributed by atoms with van der Waals surface area (Å²) >= 11 is 0. The third-order valence-corrected chi connectivity index (χ3v) is 5.68. The average molecular weight is 369 g/mol. The molecule has 1 N–H and O–H groups in total. The van der Waals surface area contributed by atoms with Crippen LogP contribution in [0.1, 0.15) is 29.6 Å². The lowest BCUT2D eigenvalue weighted by Gasteiger charge is -2.39. The zero-order valence-electron chi connectivity index (χ0n) is 15.1. The summed E-state index contributed by atoms with van der Waals surface area (Å²) in [5.41, 5.74) is 1.26. The topological polar surface area (TPSA) is 86.9 Å². The van der Waals surface area contributed by atoms with Gasteiger partial charge in [0, 0.05) is 31.7 Å². The summed E-state index contributed by atoms with van der Waals surface area (Å²) in [4.78, 5) is 29.5. The number of benzene rings is 1. The third kappa shape index (κ3) is 3.12. The quantitative estimate of drug-likeness (QED) is 0.888. The van der Waals surface area contributed by atoms with Crippen molar-refractivity contribution in [2.24, 2.45) is 5.41 Å². The van der Waals surface area contributed by atoms with E-state index in [-0.39, 0.29) is 18.4 Å². The first-order valence-electron chi connectivity index (χ1n) is 9.34. The van der Waals surface area contributed by atoms with Crippen molar-refractivity contribution in [1.29, 1.82) is 0 Å². The van der Waals surface area contributed by atoms with Crippen molar-refractivity contribution in [2.45, 2.75) is 19.3 Å². The van der Waals surface area contributed by atoms with Crippen LogP contribution in [0.2, 0.25) is 0 Å². The van der Waals surface area contributed by atoms with E-state index in [4.69, 9.17) is 4.52 Å². The molecule has 2 aromatic rings. The molecule has 2 aliphatic heterocycles. The van der Waals surface area contributed by atoms with Crippen molar-refractivity contribution < 1.29 is 19.2 Å². The molecular formula is C20H23N3O4. The van der Waals surface area contributed by atoms with E-state index < -0.39 is 5.41 Å². The fourth-order valence-corrected chi connectivity index (χ4v) is 4.27. The molecule has 2 aliphatic rings. The maximum Gasteiger partial charge on any atom is 0.259 e. The second-order valence-electron chi connectivity index (χ2n) is 7.32. The van der Waals surface area contributed by atoms with Gasteiger partial charge in [0.05, 0.1) is 12.0 Å². The number of nitrogens with zero attached hydrogens (tertiary/aromatic N) is 3. The SMILES string of the molecule is O=C(c1conc1-c1ccccc1)N1CCC2(CCCN(CCO)C2=O)C1. The average Bonchev–Trinajstić information content (AvgIpc) is 3.34. The number of β-amino-alcohol motifs (C(OH)–C–C–N with tert-alkyl or cyclic N) is 1. The van der Waals surface area contributed by atoms with E-state index in [1.807, 2.05) is 30.3 Å². The minimum absolute atomic E-state index is 0.0361. The number of hydrogen-bond acceptors (Lipinski definition) is 5. The van der Waals surface area contributed by atoms with Gasteiger partial charge in [-0.05, 0) is 19.3 Å². The van der Waals surface area contributed by atoms with E-state index in [0.717, 1.165) is 18.4 Å². The Morgan fingerprint density at radius 1 is 1.22 bits per heavy atom. The van der Waals surface area contributed by atoms with Gasteiger partial charge < -0.3 is 19.4 Å². The number of aliphatic hydroxyl groups is 1. The Bertz CT molecular complexity index is 833. The molecular weight excluding hydrogens is 346 g/mol. The summed E-state index contributed by atoms with van der Waals surface area (Å²) in [6.45, 7) is 1.95. The summed E-state index contributed by atoms with van der Waals surface area (Å²) in [5, 5.41) is 13.2. The molecule has 7 nitrogen and oxygen atoms in total. The first-order valence-corrected chi connectivity index (χ1v) is 9.34. The highest BCUT2D eigenvalue weighted by molar-refractivity contribution is 6.00. The van der Waals surface area contributed by atoms with Crippen molar-refractivity contribution in [2.75, 3.05) is 32.8 Å². The van der Waals surface area contributed by atoms with Crippen molar-refractivity contribution in [1.82, 2.24) is 15.0 Å². The second-order valence-corrected chi connectivity index (χ2v) is 7.32. The van der Waals surface area contributed by atoms with Crippen molar-refractivity contribution in [3.63, 3.8) is 0 Å². The molecule has 3 heterocycles. The lowest BCUT2D eigenvalue weighted by molar-refractivity contribution is -0.146. The Morgan fingerprint density at radius 3 is 2.81 bits per heavy atom. The molecule has 2 saturated heterocycles. The molecule has 0 aliphatic carbocycles. The Morgan fingerprint density at radius 2 is 2.04 bits per heavy atom. The highest BCUT2D eigenvalue weighted by atomic mass is 16.5. The molecule has 1 aromatic carbocycles. The zero-order valence-corrected chi connectivity index (χ0v) is 15.1. The fourth-order valence-electron chi connectivity index (χ4n) is 4.27. The molecule has 0 radical (unpaired) electrons. The highest BCUT2D eigenvalue weighted by Gasteiger charge is 2.49. The number of amides is 2. The molecule has 1 unspecified atom stereocenters. The summed E-state index contributed by atoms with van der Waals surface area (Å²) in [5.74, 6) is -0.0919. The Labute approximate surface area is 157 Å². The van der Waals surface area contributed by atoms with Crippen LogP contribution in [0.4, 0.5) is 0 Å². The van der Waals surface area contributed by atoms with Crippen molar-refractivity contribution in [3.8, 4) is 11.3 Å². The first-order chi connectivity index (χ1) is 13.1. The van der Waals surface area contributed by atoms with E-state index in [2.05, 4.69) is 5.16 Å². The molecule has 2 fully saturated rings. The lowest BCUT2D eigenvalue weighted by atomic mass is 9.78. The van der Waals surface area contributed by atoms with Gasteiger partial charge in [0.1, 0.15) is 17.5 Å². The number of aliphatic hydroxyl groups excluding tert-OH is 1. The van der Waals surface area contributed by atoms with Gasteiger partial charge in [-0.3, -0.25) is 9.59 Å². The predicted octanol–water partition coefficient (Wildman–Crippen LogP) is 1.79. The predicted molar refractivity (Wildman–Crippen MR) is 97.8 cm³/mol. The van der Waals surface area contributed by atoms with Gasteiger partial charge in [0.2, 0.25) is 5.91 Å². The molecule has 4 rings (SSSR count). The largest absolute Gasteiger partial charge is 0.395 e. The van der Waals surface area contributed by atoms with Crippen LogP contribution in [0.15, 0.2) is 41.1 Å². The van der Waals surface area contributed by atoms with Gasteiger partial charge in [0.25, 0.3) is 5.91 Å².